The fourth-order valence-electron chi connectivity index (χ4n) is 4.02. The minimum absolute atomic E-state index is 0.383. The second kappa shape index (κ2) is 10.9. The van der Waals surface area contributed by atoms with Crippen LogP contribution in [0.25, 0.3) is 10.8 Å². The molecule has 2 N–H and O–H groups in total. The van der Waals surface area contributed by atoms with Gasteiger partial charge in [-0.1, -0.05) is 91.0 Å². The smallest absolute Gasteiger partial charge is 0.362 e. The maximum Gasteiger partial charge on any atom is 0.362 e. The summed E-state index contributed by atoms with van der Waals surface area (Å²) in [4.78, 5) is 30.8. The Morgan fingerprint density at radius 1 is 0.684 bits per heavy atom. The van der Waals surface area contributed by atoms with E-state index in [4.69, 9.17) is 4.84 Å². The van der Waals surface area contributed by atoms with Gasteiger partial charge in [0.05, 0.1) is 16.9 Å². The number of rotatable bonds is 7. The lowest BCUT2D eigenvalue weighted by molar-refractivity contribution is -0.133. The standard InChI is InChI=1S/C31H23N3O4/c35-29(24-16-15-22-9-7-8-10-23(22)21-24)38-34-28-19-17-27(18-20-28)32-33-30(36)31(37,25-11-3-1-4-12-25)26-13-5-2-6-14-26/h1-21,34,37H. The summed E-state index contributed by atoms with van der Waals surface area (Å²) in [6.07, 6.45) is 0. The van der Waals surface area contributed by atoms with Crippen molar-refractivity contribution in [1.29, 1.82) is 0 Å². The predicted molar refractivity (Wildman–Crippen MR) is 145 cm³/mol. The van der Waals surface area contributed by atoms with E-state index in [1.54, 1.807) is 97.1 Å². The summed E-state index contributed by atoms with van der Waals surface area (Å²) in [6.45, 7) is 0. The Balaban J connectivity index is 1.26. The Labute approximate surface area is 219 Å². The third kappa shape index (κ3) is 5.18. The summed E-state index contributed by atoms with van der Waals surface area (Å²) in [6, 6.07) is 36.8. The van der Waals surface area contributed by atoms with Crippen molar-refractivity contribution < 1.29 is 19.5 Å². The average Bonchev–Trinajstić information content (AvgIpc) is 2.99. The zero-order valence-electron chi connectivity index (χ0n) is 20.2. The van der Waals surface area contributed by atoms with E-state index in [0.717, 1.165) is 10.8 Å². The Kier molecular flexibility index (Phi) is 7.02. The number of nitrogens with one attached hydrogen (secondary N) is 1. The number of amides is 1. The summed E-state index contributed by atoms with van der Waals surface area (Å²) in [5.74, 6) is -1.34. The molecule has 7 heteroatoms. The van der Waals surface area contributed by atoms with Gasteiger partial charge in [-0.2, -0.15) is 0 Å². The van der Waals surface area contributed by atoms with Gasteiger partial charge < -0.3 is 9.94 Å². The van der Waals surface area contributed by atoms with E-state index in [2.05, 4.69) is 15.7 Å². The maximum atomic E-state index is 13.1. The van der Waals surface area contributed by atoms with Gasteiger partial charge in [0.2, 0.25) is 0 Å². The van der Waals surface area contributed by atoms with Crippen LogP contribution in [0.4, 0.5) is 11.4 Å². The van der Waals surface area contributed by atoms with Crippen LogP contribution in [0.2, 0.25) is 0 Å². The number of carbonyl (C=O) groups is 2. The highest BCUT2D eigenvalue weighted by atomic mass is 16.7. The van der Waals surface area contributed by atoms with E-state index < -0.39 is 17.5 Å². The fraction of sp³-hybridized carbons (Fsp3) is 0.0323. The van der Waals surface area contributed by atoms with Gasteiger partial charge in [0.15, 0.2) is 5.60 Å². The molecule has 5 aromatic carbocycles. The van der Waals surface area contributed by atoms with Gasteiger partial charge in [0.1, 0.15) is 0 Å². The Morgan fingerprint density at radius 2 is 1.26 bits per heavy atom. The second-order valence-electron chi connectivity index (χ2n) is 8.55. The molecular formula is C31H23N3O4. The van der Waals surface area contributed by atoms with Gasteiger partial charge in [-0.05, 0) is 58.3 Å². The van der Waals surface area contributed by atoms with Gasteiger partial charge in [-0.25, -0.2) is 10.3 Å². The molecule has 7 nitrogen and oxygen atoms in total. The van der Waals surface area contributed by atoms with Crippen molar-refractivity contribution >= 4 is 34.0 Å². The number of benzene rings is 5. The van der Waals surface area contributed by atoms with E-state index in [1.165, 1.54) is 0 Å². The third-order valence-corrected chi connectivity index (χ3v) is 6.06. The van der Waals surface area contributed by atoms with Gasteiger partial charge >= 0.3 is 11.9 Å². The number of aliphatic hydroxyl groups is 1. The number of fused-ring (bicyclic) bond motifs is 1. The Morgan fingerprint density at radius 3 is 1.89 bits per heavy atom. The molecule has 0 aliphatic heterocycles. The number of anilines is 1. The molecule has 0 spiro atoms. The monoisotopic (exact) mass is 501 g/mol. The number of carbonyl (C=O) groups excluding carboxylic acids is 2. The van der Waals surface area contributed by atoms with E-state index in [-0.39, 0.29) is 0 Å². The molecule has 5 rings (SSSR count). The summed E-state index contributed by atoms with van der Waals surface area (Å²) in [7, 11) is 0. The zero-order chi connectivity index (χ0) is 26.4. The molecule has 0 aliphatic rings. The molecule has 0 aliphatic carbocycles. The molecule has 5 aromatic rings. The lowest BCUT2D eigenvalue weighted by Gasteiger charge is -2.25. The quantitative estimate of drug-likeness (QED) is 0.194. The van der Waals surface area contributed by atoms with Crippen molar-refractivity contribution in [2.45, 2.75) is 5.60 Å². The van der Waals surface area contributed by atoms with Crippen LogP contribution in [0.3, 0.4) is 0 Å². The van der Waals surface area contributed by atoms with Crippen molar-refractivity contribution in [3.05, 3.63) is 144 Å². The Hall–Kier alpha value is -5.14. The number of nitrogens with zero attached hydrogens (tertiary/aromatic N) is 2. The molecule has 38 heavy (non-hydrogen) atoms. The summed E-state index contributed by atoms with van der Waals surface area (Å²) >= 11 is 0. The van der Waals surface area contributed by atoms with Gasteiger partial charge in [-0.15, -0.1) is 10.2 Å². The summed E-state index contributed by atoms with van der Waals surface area (Å²) in [5, 5.41) is 21.3. The highest BCUT2D eigenvalue weighted by molar-refractivity contribution is 5.95. The maximum absolute atomic E-state index is 13.1. The average molecular weight is 502 g/mol. The number of azo groups is 1. The van der Waals surface area contributed by atoms with Crippen molar-refractivity contribution in [1.82, 2.24) is 0 Å². The van der Waals surface area contributed by atoms with Crippen LogP contribution >= 0.6 is 0 Å². The molecule has 0 heterocycles. The molecule has 0 aromatic heterocycles. The van der Waals surface area contributed by atoms with Crippen LogP contribution < -0.4 is 5.48 Å². The van der Waals surface area contributed by atoms with Crippen LogP contribution in [-0.2, 0) is 15.2 Å². The van der Waals surface area contributed by atoms with E-state index >= 15 is 0 Å². The van der Waals surface area contributed by atoms with Gasteiger partial charge in [-0.3, -0.25) is 4.79 Å². The van der Waals surface area contributed by atoms with Gasteiger partial charge in [0, 0.05) is 0 Å². The third-order valence-electron chi connectivity index (χ3n) is 6.06. The van der Waals surface area contributed by atoms with Gasteiger partial charge in [0.25, 0.3) is 0 Å². The molecule has 0 unspecified atom stereocenters. The van der Waals surface area contributed by atoms with Crippen LogP contribution in [0.1, 0.15) is 21.5 Å². The summed E-state index contributed by atoms with van der Waals surface area (Å²) < 4.78 is 0. The largest absolute Gasteiger partial charge is 0.372 e. The first-order valence-electron chi connectivity index (χ1n) is 11.9. The van der Waals surface area contributed by atoms with Crippen LogP contribution in [0, 0.1) is 0 Å². The number of hydrogen-bond donors (Lipinski definition) is 2. The second-order valence-corrected chi connectivity index (χ2v) is 8.55. The summed E-state index contributed by atoms with van der Waals surface area (Å²) in [5.41, 5.74) is 2.74. The van der Waals surface area contributed by atoms with Crippen LogP contribution in [0.15, 0.2) is 138 Å². The SMILES string of the molecule is O=C(ONc1ccc(N=NC(=O)C(O)(c2ccccc2)c2ccccc2)cc1)c1ccc2ccccc2c1. The lowest BCUT2D eigenvalue weighted by Crippen LogP contribution is -2.35. The predicted octanol–water partition coefficient (Wildman–Crippen LogP) is 6.57. The van der Waals surface area contributed by atoms with Crippen molar-refractivity contribution in [2.75, 3.05) is 5.48 Å². The zero-order valence-corrected chi connectivity index (χ0v) is 20.2. The molecule has 0 saturated heterocycles. The normalized spacial score (nSPS) is 11.4. The van der Waals surface area contributed by atoms with Crippen molar-refractivity contribution in [2.24, 2.45) is 10.2 Å². The molecular weight excluding hydrogens is 478 g/mol. The number of hydrogen-bond acceptors (Lipinski definition) is 6. The lowest BCUT2D eigenvalue weighted by atomic mass is 9.86. The highest BCUT2D eigenvalue weighted by Crippen LogP contribution is 2.31. The van der Waals surface area contributed by atoms with Crippen LogP contribution in [0.5, 0.6) is 0 Å². The molecule has 0 bridgehead atoms. The highest BCUT2D eigenvalue weighted by Gasteiger charge is 2.40. The molecule has 0 atom stereocenters. The first kappa shape index (κ1) is 24.5. The molecule has 0 radical (unpaired) electrons. The van der Waals surface area contributed by atoms with E-state index in [1.807, 2.05) is 30.3 Å². The van der Waals surface area contributed by atoms with E-state index in [9.17, 15) is 14.7 Å². The van der Waals surface area contributed by atoms with Crippen molar-refractivity contribution in [3.63, 3.8) is 0 Å². The Bertz CT molecular complexity index is 1560. The minimum Gasteiger partial charge on any atom is -0.372 e. The minimum atomic E-state index is -1.98. The first-order valence-corrected chi connectivity index (χ1v) is 11.9. The fourth-order valence-corrected chi connectivity index (χ4v) is 4.02. The van der Waals surface area contributed by atoms with Crippen molar-refractivity contribution in [3.8, 4) is 0 Å². The first-order chi connectivity index (χ1) is 18.5. The molecule has 186 valence electrons. The molecule has 0 saturated carbocycles. The van der Waals surface area contributed by atoms with E-state index in [0.29, 0.717) is 28.1 Å². The molecule has 1 amide bonds. The van der Waals surface area contributed by atoms with Crippen LogP contribution in [-0.4, -0.2) is 17.0 Å². The molecule has 0 fully saturated rings. The topological polar surface area (TPSA) is 100 Å².